The van der Waals surface area contributed by atoms with Gasteiger partial charge in [-0.1, -0.05) is 48.5 Å². The van der Waals surface area contributed by atoms with E-state index in [0.29, 0.717) is 5.69 Å². The number of carbonyl (C=O) groups is 1. The third-order valence-corrected chi connectivity index (χ3v) is 3.99. The Kier molecular flexibility index (Phi) is 3.88. The fraction of sp³-hybridized carbons (Fsp3) is 0. The molecular weight excluding hydrogens is 312 g/mol. The first-order valence-corrected chi connectivity index (χ1v) is 7.96. The molecule has 4 rings (SSSR count). The van der Waals surface area contributed by atoms with Gasteiger partial charge in [0, 0.05) is 22.7 Å². The van der Waals surface area contributed by atoms with E-state index in [2.05, 4.69) is 20.5 Å². The summed E-state index contributed by atoms with van der Waals surface area (Å²) in [6.45, 7) is 0. The highest BCUT2D eigenvalue weighted by atomic mass is 16.2. The van der Waals surface area contributed by atoms with E-state index >= 15 is 0 Å². The highest BCUT2D eigenvalue weighted by molar-refractivity contribution is 6.09. The highest BCUT2D eigenvalue weighted by Gasteiger charge is 2.18. The van der Waals surface area contributed by atoms with Crippen LogP contribution in [0.25, 0.3) is 22.0 Å². The number of aromatic nitrogens is 2. The highest BCUT2D eigenvalue weighted by Crippen LogP contribution is 2.32. The lowest BCUT2D eigenvalue weighted by molar-refractivity contribution is 0.0951. The van der Waals surface area contributed by atoms with Crippen LogP contribution in [0.5, 0.6) is 0 Å². The van der Waals surface area contributed by atoms with Crippen molar-refractivity contribution in [2.45, 2.75) is 0 Å². The topological polar surface area (TPSA) is 73.0 Å². The molecule has 0 aliphatic carbocycles. The Morgan fingerprint density at radius 3 is 2.56 bits per heavy atom. The Hall–Kier alpha value is -3.60. The average molecular weight is 328 g/mol. The van der Waals surface area contributed by atoms with E-state index in [0.717, 1.165) is 27.7 Å². The Bertz CT molecular complexity index is 1030. The third-order valence-electron chi connectivity index (χ3n) is 3.99. The molecule has 5 nitrogen and oxygen atoms in total. The molecule has 0 bridgehead atoms. The summed E-state index contributed by atoms with van der Waals surface area (Å²) < 4.78 is 0. The van der Waals surface area contributed by atoms with E-state index in [1.54, 1.807) is 12.4 Å². The average Bonchev–Trinajstić information content (AvgIpc) is 3.30. The van der Waals surface area contributed by atoms with Crippen LogP contribution in [0.15, 0.2) is 78.0 Å². The van der Waals surface area contributed by atoms with Crippen molar-refractivity contribution in [3.8, 4) is 11.1 Å². The van der Waals surface area contributed by atoms with Crippen molar-refractivity contribution < 1.29 is 4.79 Å². The molecule has 2 aromatic heterocycles. The van der Waals surface area contributed by atoms with Crippen LogP contribution in [0, 0.1) is 0 Å². The molecule has 2 heterocycles. The minimum atomic E-state index is -0.280. The Morgan fingerprint density at radius 2 is 1.76 bits per heavy atom. The predicted octanol–water partition coefficient (Wildman–Crippen LogP) is 3.93. The van der Waals surface area contributed by atoms with Crippen LogP contribution in [0.2, 0.25) is 0 Å². The standard InChI is InChI=1S/C20H16N4O/c25-20(24-22-13-15-9-6-12-21-15)19-18(14-7-2-1-3-8-14)16-10-4-5-11-17(16)23-19/h1-13,21,23H,(H,24,25)/b22-13+. The number of amides is 1. The molecule has 25 heavy (non-hydrogen) atoms. The van der Waals surface area contributed by atoms with Crippen molar-refractivity contribution >= 4 is 23.0 Å². The largest absolute Gasteiger partial charge is 0.360 e. The van der Waals surface area contributed by atoms with Crippen LogP contribution in [0.1, 0.15) is 16.2 Å². The second kappa shape index (κ2) is 6.49. The molecule has 0 spiro atoms. The summed E-state index contributed by atoms with van der Waals surface area (Å²) in [7, 11) is 0. The summed E-state index contributed by atoms with van der Waals surface area (Å²) in [6, 6.07) is 21.5. The molecule has 2 aromatic carbocycles. The summed E-state index contributed by atoms with van der Waals surface area (Å²) in [5, 5.41) is 5.03. The van der Waals surface area contributed by atoms with Crippen LogP contribution in [-0.2, 0) is 0 Å². The minimum Gasteiger partial charge on any atom is -0.360 e. The van der Waals surface area contributed by atoms with Gasteiger partial charge in [0.05, 0.1) is 11.9 Å². The van der Waals surface area contributed by atoms with Gasteiger partial charge >= 0.3 is 0 Å². The van der Waals surface area contributed by atoms with Crippen molar-refractivity contribution in [2.24, 2.45) is 5.10 Å². The number of carbonyl (C=O) groups excluding carboxylic acids is 1. The normalized spacial score (nSPS) is 11.2. The molecule has 0 atom stereocenters. The number of hydrogen-bond donors (Lipinski definition) is 3. The lowest BCUT2D eigenvalue weighted by atomic mass is 10.0. The number of hydrazone groups is 1. The van der Waals surface area contributed by atoms with Gasteiger partial charge in [0.15, 0.2) is 0 Å². The molecule has 0 unspecified atom stereocenters. The molecule has 122 valence electrons. The van der Waals surface area contributed by atoms with Crippen molar-refractivity contribution in [3.05, 3.63) is 84.3 Å². The van der Waals surface area contributed by atoms with Gasteiger partial charge in [0.2, 0.25) is 0 Å². The molecule has 5 heteroatoms. The number of aromatic amines is 2. The Labute approximate surface area is 144 Å². The molecule has 3 N–H and O–H groups in total. The number of nitrogens with zero attached hydrogens (tertiary/aromatic N) is 1. The van der Waals surface area contributed by atoms with Gasteiger partial charge in [-0.2, -0.15) is 5.10 Å². The van der Waals surface area contributed by atoms with Gasteiger partial charge in [-0.15, -0.1) is 0 Å². The van der Waals surface area contributed by atoms with Gasteiger partial charge in [0.1, 0.15) is 5.69 Å². The summed E-state index contributed by atoms with van der Waals surface area (Å²) in [6.07, 6.45) is 3.37. The van der Waals surface area contributed by atoms with Crippen molar-refractivity contribution in [2.75, 3.05) is 0 Å². The quantitative estimate of drug-likeness (QED) is 0.385. The molecular formula is C20H16N4O. The number of nitrogens with one attached hydrogen (secondary N) is 3. The van der Waals surface area contributed by atoms with Crippen LogP contribution in [0.3, 0.4) is 0 Å². The predicted molar refractivity (Wildman–Crippen MR) is 99.6 cm³/mol. The number of benzene rings is 2. The second-order valence-corrected chi connectivity index (χ2v) is 5.61. The molecule has 0 radical (unpaired) electrons. The maximum Gasteiger partial charge on any atom is 0.288 e. The maximum atomic E-state index is 12.7. The second-order valence-electron chi connectivity index (χ2n) is 5.61. The Morgan fingerprint density at radius 1 is 0.960 bits per heavy atom. The van der Waals surface area contributed by atoms with Crippen molar-refractivity contribution in [3.63, 3.8) is 0 Å². The van der Waals surface area contributed by atoms with E-state index in [1.165, 1.54) is 0 Å². The summed E-state index contributed by atoms with van der Waals surface area (Å²) in [5.41, 5.74) is 6.68. The van der Waals surface area contributed by atoms with E-state index in [4.69, 9.17) is 0 Å². The number of para-hydroxylation sites is 1. The van der Waals surface area contributed by atoms with Gasteiger partial charge in [-0.3, -0.25) is 4.79 Å². The summed E-state index contributed by atoms with van der Waals surface area (Å²) in [4.78, 5) is 18.9. The molecule has 0 aliphatic heterocycles. The number of H-pyrrole nitrogens is 2. The van der Waals surface area contributed by atoms with Crippen molar-refractivity contribution in [1.82, 2.24) is 15.4 Å². The van der Waals surface area contributed by atoms with Crippen LogP contribution in [-0.4, -0.2) is 22.1 Å². The summed E-state index contributed by atoms with van der Waals surface area (Å²) >= 11 is 0. The number of hydrogen-bond acceptors (Lipinski definition) is 2. The zero-order valence-electron chi connectivity index (χ0n) is 13.4. The minimum absolute atomic E-state index is 0.280. The molecule has 0 aliphatic rings. The zero-order valence-corrected chi connectivity index (χ0v) is 13.4. The lowest BCUT2D eigenvalue weighted by Crippen LogP contribution is -2.18. The molecule has 1 amide bonds. The first-order chi connectivity index (χ1) is 12.3. The third kappa shape index (κ3) is 2.95. The Balaban J connectivity index is 1.72. The van der Waals surface area contributed by atoms with Gasteiger partial charge < -0.3 is 9.97 Å². The summed E-state index contributed by atoms with van der Waals surface area (Å²) in [5.74, 6) is -0.280. The maximum absolute atomic E-state index is 12.7. The zero-order chi connectivity index (χ0) is 17.1. The van der Waals surface area contributed by atoms with Gasteiger partial charge in [0.25, 0.3) is 5.91 Å². The number of rotatable bonds is 4. The molecule has 0 saturated carbocycles. The first-order valence-electron chi connectivity index (χ1n) is 7.96. The van der Waals surface area contributed by atoms with Gasteiger partial charge in [-0.25, -0.2) is 5.43 Å². The van der Waals surface area contributed by atoms with E-state index in [-0.39, 0.29) is 5.91 Å². The smallest absolute Gasteiger partial charge is 0.288 e. The fourth-order valence-electron chi connectivity index (χ4n) is 2.86. The van der Waals surface area contributed by atoms with Crippen LogP contribution < -0.4 is 5.43 Å². The van der Waals surface area contributed by atoms with E-state index < -0.39 is 0 Å². The van der Waals surface area contributed by atoms with E-state index in [9.17, 15) is 4.79 Å². The monoisotopic (exact) mass is 328 g/mol. The van der Waals surface area contributed by atoms with Crippen molar-refractivity contribution in [1.29, 1.82) is 0 Å². The molecule has 0 fully saturated rings. The van der Waals surface area contributed by atoms with Crippen LogP contribution >= 0.6 is 0 Å². The lowest BCUT2D eigenvalue weighted by Gasteiger charge is -2.04. The van der Waals surface area contributed by atoms with Gasteiger partial charge in [-0.05, 0) is 23.8 Å². The fourth-order valence-corrected chi connectivity index (χ4v) is 2.86. The first kappa shape index (κ1) is 15.0. The molecule has 4 aromatic rings. The van der Waals surface area contributed by atoms with Crippen LogP contribution in [0.4, 0.5) is 0 Å². The van der Waals surface area contributed by atoms with E-state index in [1.807, 2.05) is 66.7 Å². The number of fused-ring (bicyclic) bond motifs is 1. The molecule has 0 saturated heterocycles. The SMILES string of the molecule is O=C(N/N=C/c1ccc[nH]1)c1[nH]c2ccccc2c1-c1ccccc1.